The first-order valence-electron chi connectivity index (χ1n) is 13.5. The average Bonchev–Trinajstić information content (AvgIpc) is 2.93. The van der Waals surface area contributed by atoms with Gasteiger partial charge in [-0.05, 0) is 48.5 Å². The lowest BCUT2D eigenvalue weighted by molar-refractivity contribution is 0.471. The summed E-state index contributed by atoms with van der Waals surface area (Å²) < 4.78 is 13.3. The van der Waals surface area contributed by atoms with Crippen LogP contribution in [0, 0.1) is 0 Å². The van der Waals surface area contributed by atoms with E-state index >= 15 is 0 Å². The maximum atomic E-state index is 6.63. The molecule has 4 aromatic carbocycles. The van der Waals surface area contributed by atoms with Crippen LogP contribution in [0.1, 0.15) is 22.3 Å². The molecule has 0 amide bonds. The molecule has 40 heavy (non-hydrogen) atoms. The van der Waals surface area contributed by atoms with Gasteiger partial charge in [-0.3, -0.25) is 0 Å². The van der Waals surface area contributed by atoms with Crippen LogP contribution in [-0.2, 0) is 0 Å². The van der Waals surface area contributed by atoms with Gasteiger partial charge in [-0.15, -0.1) is 0 Å². The summed E-state index contributed by atoms with van der Waals surface area (Å²) in [6.07, 6.45) is 0. The quantitative estimate of drug-likeness (QED) is 0.239. The van der Waals surface area contributed by atoms with E-state index in [0.29, 0.717) is 0 Å². The molecule has 0 unspecified atom stereocenters. The molecule has 0 bridgehead atoms. The Morgan fingerprint density at radius 2 is 0.575 bits per heavy atom. The number of nitrogens with zero attached hydrogens (tertiary/aromatic N) is 4. The molecule has 0 saturated carbocycles. The Kier molecular flexibility index (Phi) is 6.14. The third-order valence-electron chi connectivity index (χ3n) is 7.69. The molecule has 2 aliphatic rings. The van der Waals surface area contributed by atoms with Crippen molar-refractivity contribution in [3.63, 3.8) is 0 Å². The zero-order valence-electron chi connectivity index (χ0n) is 24.5. The molecule has 2 aliphatic heterocycles. The van der Waals surface area contributed by atoms with E-state index in [1.165, 1.54) is 0 Å². The predicted molar refractivity (Wildman–Crippen MR) is 168 cm³/mol. The van der Waals surface area contributed by atoms with Crippen molar-refractivity contribution in [1.82, 2.24) is 0 Å². The van der Waals surface area contributed by atoms with E-state index in [2.05, 4.69) is 149 Å². The summed E-state index contributed by atoms with van der Waals surface area (Å²) in [5.41, 5.74) is 10.9. The molecule has 0 fully saturated rings. The van der Waals surface area contributed by atoms with Gasteiger partial charge in [0.25, 0.3) is 0 Å². The van der Waals surface area contributed by atoms with Crippen LogP contribution < -0.4 is 29.1 Å². The lowest BCUT2D eigenvalue weighted by Crippen LogP contribution is -2.14. The van der Waals surface area contributed by atoms with E-state index in [9.17, 15) is 0 Å². The van der Waals surface area contributed by atoms with Gasteiger partial charge >= 0.3 is 0 Å². The van der Waals surface area contributed by atoms with Gasteiger partial charge in [0, 0.05) is 137 Å². The Labute approximate surface area is 237 Å². The third-order valence-corrected chi connectivity index (χ3v) is 7.69. The molecule has 0 radical (unpaired) electrons. The second-order valence-electron chi connectivity index (χ2n) is 11.3. The van der Waals surface area contributed by atoms with Crippen molar-refractivity contribution in [1.29, 1.82) is 0 Å². The van der Waals surface area contributed by atoms with Crippen molar-refractivity contribution in [2.24, 2.45) is 0 Å². The highest BCUT2D eigenvalue weighted by Gasteiger charge is 2.32. The Bertz CT molecular complexity index is 1430. The maximum Gasteiger partial charge on any atom is 0.137 e. The van der Waals surface area contributed by atoms with Gasteiger partial charge in [-0.25, -0.2) is 0 Å². The van der Waals surface area contributed by atoms with Gasteiger partial charge in [-0.1, -0.05) is 0 Å². The van der Waals surface area contributed by atoms with Crippen LogP contribution >= 0.6 is 0 Å². The molecule has 6 nitrogen and oxygen atoms in total. The smallest absolute Gasteiger partial charge is 0.137 e. The second kappa shape index (κ2) is 9.56. The normalized spacial score (nSPS) is 12.8. The number of hydrogen-bond acceptors (Lipinski definition) is 6. The van der Waals surface area contributed by atoms with Crippen molar-refractivity contribution in [3.05, 3.63) is 95.1 Å². The van der Waals surface area contributed by atoms with E-state index in [0.717, 1.165) is 79.1 Å². The van der Waals surface area contributed by atoms with Crippen LogP contribution in [-0.4, -0.2) is 56.4 Å². The summed E-state index contributed by atoms with van der Waals surface area (Å²) in [4.78, 5) is 8.42. The van der Waals surface area contributed by atoms with Gasteiger partial charge in [0.15, 0.2) is 0 Å². The topological polar surface area (TPSA) is 31.4 Å². The van der Waals surface area contributed by atoms with Crippen molar-refractivity contribution in [2.45, 2.75) is 0 Å². The zero-order valence-corrected chi connectivity index (χ0v) is 24.5. The van der Waals surface area contributed by atoms with Crippen LogP contribution in [0.5, 0.6) is 23.0 Å². The number of fused-ring (bicyclic) bond motifs is 4. The first kappa shape index (κ1) is 25.7. The van der Waals surface area contributed by atoms with Crippen LogP contribution in [0.4, 0.5) is 22.7 Å². The summed E-state index contributed by atoms with van der Waals surface area (Å²) in [6, 6.07) is 25.9. The summed E-state index contributed by atoms with van der Waals surface area (Å²) in [5, 5.41) is 0. The third kappa shape index (κ3) is 4.20. The van der Waals surface area contributed by atoms with E-state index in [4.69, 9.17) is 9.47 Å². The molecule has 204 valence electrons. The number of anilines is 4. The lowest BCUT2D eigenvalue weighted by atomic mass is 9.82. The average molecular weight is 533 g/mol. The van der Waals surface area contributed by atoms with E-state index in [1.54, 1.807) is 0 Å². The first-order chi connectivity index (χ1) is 19.1. The standard InChI is InChI=1S/C34H36N4O2/c1-35(2)21-9-13-25-29(17-21)39-30-18-22(36(3)4)10-14-26(30)33(25)34-27-15-11-23(37(5)6)19-31(27)40-32-20-24(38(7)8)12-16-28(32)34/h9-20H,1-8H3. The van der Waals surface area contributed by atoms with Crippen LogP contribution in [0.3, 0.4) is 0 Å². The molecule has 6 heteroatoms. The molecular formula is C34H36N4O2. The fourth-order valence-electron chi connectivity index (χ4n) is 5.39. The minimum Gasteiger partial charge on any atom is -0.456 e. The van der Waals surface area contributed by atoms with E-state index in [1.807, 2.05) is 0 Å². The molecule has 0 saturated heterocycles. The molecule has 2 heterocycles. The van der Waals surface area contributed by atoms with Gasteiger partial charge < -0.3 is 29.1 Å². The summed E-state index contributed by atoms with van der Waals surface area (Å²) >= 11 is 0. The van der Waals surface area contributed by atoms with Crippen LogP contribution in [0.25, 0.3) is 11.1 Å². The molecule has 0 atom stereocenters. The fourth-order valence-corrected chi connectivity index (χ4v) is 5.39. The highest BCUT2D eigenvalue weighted by Crippen LogP contribution is 2.54. The Hall–Kier alpha value is -4.58. The van der Waals surface area contributed by atoms with Crippen LogP contribution in [0.2, 0.25) is 0 Å². The molecule has 4 aromatic rings. The maximum absolute atomic E-state index is 6.63. The summed E-state index contributed by atoms with van der Waals surface area (Å²) in [7, 11) is 16.4. The number of hydrogen-bond donors (Lipinski definition) is 0. The molecule has 0 aliphatic carbocycles. The number of ether oxygens (including phenoxy) is 2. The van der Waals surface area contributed by atoms with Gasteiger partial charge in [0.05, 0.1) is 0 Å². The molecule has 6 rings (SSSR count). The Morgan fingerprint density at radius 1 is 0.350 bits per heavy atom. The highest BCUT2D eigenvalue weighted by molar-refractivity contribution is 6.10. The van der Waals surface area contributed by atoms with Crippen molar-refractivity contribution in [2.75, 3.05) is 76.0 Å². The molecule has 0 spiro atoms. The predicted octanol–water partition coefficient (Wildman–Crippen LogP) is 7.17. The minimum absolute atomic E-state index is 0.849. The van der Waals surface area contributed by atoms with Gasteiger partial charge in [0.2, 0.25) is 0 Å². The largest absolute Gasteiger partial charge is 0.456 e. The fraction of sp³-hybridized carbons (Fsp3) is 0.235. The number of benzene rings is 4. The van der Waals surface area contributed by atoms with Crippen LogP contribution in [0.15, 0.2) is 72.8 Å². The lowest BCUT2D eigenvalue weighted by Gasteiger charge is -2.31. The monoisotopic (exact) mass is 532 g/mol. The van der Waals surface area contributed by atoms with Crippen molar-refractivity contribution >= 4 is 33.9 Å². The SMILES string of the molecule is CN(C)c1ccc2c(c1)Oc1cc(N(C)C)ccc1C2=C1c2ccc(N(C)C)cc2Oc2cc(N(C)C)ccc21. The van der Waals surface area contributed by atoms with Crippen molar-refractivity contribution in [3.8, 4) is 23.0 Å². The van der Waals surface area contributed by atoms with Crippen molar-refractivity contribution < 1.29 is 9.47 Å². The molecule has 0 aromatic heterocycles. The zero-order chi connectivity index (χ0) is 28.3. The summed E-state index contributed by atoms with van der Waals surface area (Å²) in [6.45, 7) is 0. The minimum atomic E-state index is 0.849. The second-order valence-corrected chi connectivity index (χ2v) is 11.3. The first-order valence-corrected chi connectivity index (χ1v) is 13.5. The van der Waals surface area contributed by atoms with Gasteiger partial charge in [-0.2, -0.15) is 0 Å². The van der Waals surface area contributed by atoms with Gasteiger partial charge in [0.1, 0.15) is 23.0 Å². The highest BCUT2D eigenvalue weighted by atomic mass is 16.5. The Balaban J connectivity index is 1.72. The summed E-state index contributed by atoms with van der Waals surface area (Å²) in [5.74, 6) is 3.39. The van der Waals surface area contributed by atoms with E-state index in [-0.39, 0.29) is 0 Å². The Morgan fingerprint density at radius 3 is 0.775 bits per heavy atom. The van der Waals surface area contributed by atoms with E-state index < -0.39 is 0 Å². The number of rotatable bonds is 4. The molecular weight excluding hydrogens is 496 g/mol. The molecule has 0 N–H and O–H groups in total.